The predicted molar refractivity (Wildman–Crippen MR) is 48.3 cm³/mol. The molecule has 1 aliphatic carbocycles. The Kier molecular flexibility index (Phi) is 3.43. The molecule has 0 aliphatic heterocycles. The molecule has 0 bridgehead atoms. The van der Waals surface area contributed by atoms with Gasteiger partial charge in [-0.3, -0.25) is 9.59 Å². The number of ketones is 1. The Morgan fingerprint density at radius 1 is 1.38 bits per heavy atom. The fourth-order valence-electron chi connectivity index (χ4n) is 1.24. The minimum Gasteiger partial charge on any atom is -0.481 e. The van der Waals surface area contributed by atoms with Gasteiger partial charge in [-0.2, -0.15) is 0 Å². The third kappa shape index (κ3) is 3.69. The predicted octanol–water partition coefficient (Wildman–Crippen LogP) is 1.55. The maximum absolute atomic E-state index is 10.7. The molecule has 0 heterocycles. The molecule has 0 amide bonds. The van der Waals surface area contributed by atoms with Crippen molar-refractivity contribution in [2.45, 2.75) is 19.3 Å². The van der Waals surface area contributed by atoms with Crippen molar-refractivity contribution >= 4 is 11.8 Å². The molecule has 0 aromatic rings. The van der Waals surface area contributed by atoms with Crippen molar-refractivity contribution in [2.24, 2.45) is 5.92 Å². The van der Waals surface area contributed by atoms with E-state index in [2.05, 4.69) is 0 Å². The lowest BCUT2D eigenvalue weighted by Crippen LogP contribution is -2.02. The molecule has 0 radical (unpaired) electrons. The molecular weight excluding hydrogens is 168 g/mol. The Balaban J connectivity index is 2.24. The molecule has 0 aromatic heterocycles. The van der Waals surface area contributed by atoms with Crippen molar-refractivity contribution in [3.8, 4) is 0 Å². The van der Waals surface area contributed by atoms with Crippen LogP contribution in [0, 0.1) is 5.92 Å². The molecule has 0 fully saturated rings. The number of hydrogen-bond donors (Lipinski definition) is 1. The highest BCUT2D eigenvalue weighted by Crippen LogP contribution is 2.14. The Hall–Kier alpha value is -1.38. The first-order chi connectivity index (χ1) is 6.18. The molecule has 1 N–H and O–H groups in total. The fourth-order valence-corrected chi connectivity index (χ4v) is 1.24. The van der Waals surface area contributed by atoms with Crippen LogP contribution >= 0.6 is 0 Å². The molecule has 0 aromatic carbocycles. The van der Waals surface area contributed by atoms with E-state index < -0.39 is 5.97 Å². The largest absolute Gasteiger partial charge is 0.481 e. The van der Waals surface area contributed by atoms with Crippen LogP contribution in [-0.4, -0.2) is 16.9 Å². The van der Waals surface area contributed by atoms with Crippen LogP contribution in [0.25, 0.3) is 0 Å². The fraction of sp³-hybridized carbons (Fsp3) is 0.400. The standard InChI is InChI=1S/C10H12O3/c11-9-6-4-8(5-7-9)2-1-3-10(12)13/h4-8H,1-3H2,(H,12,13). The second kappa shape index (κ2) is 4.60. The molecule has 0 saturated heterocycles. The molecule has 0 spiro atoms. The minimum absolute atomic E-state index is 0.00878. The zero-order valence-electron chi connectivity index (χ0n) is 7.27. The van der Waals surface area contributed by atoms with Crippen molar-refractivity contribution in [3.63, 3.8) is 0 Å². The van der Waals surface area contributed by atoms with E-state index in [1.165, 1.54) is 12.2 Å². The quantitative estimate of drug-likeness (QED) is 0.714. The summed E-state index contributed by atoms with van der Waals surface area (Å²) < 4.78 is 0. The topological polar surface area (TPSA) is 54.4 Å². The Labute approximate surface area is 76.8 Å². The molecule has 0 saturated carbocycles. The van der Waals surface area contributed by atoms with E-state index >= 15 is 0 Å². The van der Waals surface area contributed by atoms with Gasteiger partial charge in [0.15, 0.2) is 5.78 Å². The van der Waals surface area contributed by atoms with Gasteiger partial charge in [0, 0.05) is 6.42 Å². The van der Waals surface area contributed by atoms with Crippen LogP contribution in [0.3, 0.4) is 0 Å². The molecule has 3 nitrogen and oxygen atoms in total. The second-order valence-electron chi connectivity index (χ2n) is 3.07. The maximum atomic E-state index is 10.7. The van der Waals surface area contributed by atoms with Crippen LogP contribution in [0.15, 0.2) is 24.3 Å². The highest BCUT2D eigenvalue weighted by atomic mass is 16.4. The number of allylic oxidation sites excluding steroid dienone is 4. The Bertz CT molecular complexity index is 247. The van der Waals surface area contributed by atoms with Gasteiger partial charge in [0.05, 0.1) is 0 Å². The highest BCUT2D eigenvalue weighted by Gasteiger charge is 2.07. The lowest BCUT2D eigenvalue weighted by Gasteiger charge is -2.08. The normalized spacial score (nSPS) is 16.5. The van der Waals surface area contributed by atoms with Gasteiger partial charge in [0.1, 0.15) is 0 Å². The van der Waals surface area contributed by atoms with Gasteiger partial charge in [-0.25, -0.2) is 0 Å². The van der Waals surface area contributed by atoms with Gasteiger partial charge in [-0.05, 0) is 30.9 Å². The van der Waals surface area contributed by atoms with E-state index in [1.807, 2.05) is 12.2 Å². The van der Waals surface area contributed by atoms with E-state index in [4.69, 9.17) is 5.11 Å². The Morgan fingerprint density at radius 2 is 2.00 bits per heavy atom. The number of carboxylic acids is 1. The van der Waals surface area contributed by atoms with Crippen LogP contribution in [0.1, 0.15) is 19.3 Å². The third-order valence-corrected chi connectivity index (χ3v) is 1.94. The second-order valence-corrected chi connectivity index (χ2v) is 3.07. The van der Waals surface area contributed by atoms with E-state index in [9.17, 15) is 9.59 Å². The molecule has 13 heavy (non-hydrogen) atoms. The summed E-state index contributed by atoms with van der Waals surface area (Å²) in [6.45, 7) is 0. The molecular formula is C10H12O3. The van der Waals surface area contributed by atoms with Crippen molar-refractivity contribution < 1.29 is 14.7 Å². The summed E-state index contributed by atoms with van der Waals surface area (Å²) in [7, 11) is 0. The summed E-state index contributed by atoms with van der Waals surface area (Å²) in [5.41, 5.74) is 0. The van der Waals surface area contributed by atoms with E-state index in [1.54, 1.807) is 0 Å². The third-order valence-electron chi connectivity index (χ3n) is 1.94. The van der Waals surface area contributed by atoms with E-state index in [0.717, 1.165) is 6.42 Å². The summed E-state index contributed by atoms with van der Waals surface area (Å²) in [4.78, 5) is 20.9. The molecule has 1 rings (SSSR count). The van der Waals surface area contributed by atoms with Gasteiger partial charge in [0.2, 0.25) is 0 Å². The van der Waals surface area contributed by atoms with Crippen LogP contribution in [0.5, 0.6) is 0 Å². The highest BCUT2D eigenvalue weighted by molar-refractivity contribution is 6.00. The van der Waals surface area contributed by atoms with Crippen LogP contribution in [-0.2, 0) is 9.59 Å². The average molecular weight is 180 g/mol. The first kappa shape index (κ1) is 9.71. The number of carbonyl (C=O) groups excluding carboxylic acids is 1. The van der Waals surface area contributed by atoms with Gasteiger partial charge >= 0.3 is 5.97 Å². The first-order valence-corrected chi connectivity index (χ1v) is 4.30. The number of hydrogen-bond acceptors (Lipinski definition) is 2. The number of rotatable bonds is 4. The SMILES string of the molecule is O=C1C=CC(CCCC(=O)O)C=C1. The van der Waals surface area contributed by atoms with Crippen molar-refractivity contribution in [3.05, 3.63) is 24.3 Å². The smallest absolute Gasteiger partial charge is 0.303 e. The summed E-state index contributed by atoms with van der Waals surface area (Å²) in [5.74, 6) is -0.522. The number of carboxylic acid groups (broad SMARTS) is 1. The molecule has 1 aliphatic rings. The van der Waals surface area contributed by atoms with Gasteiger partial charge in [-0.15, -0.1) is 0 Å². The van der Waals surface area contributed by atoms with Gasteiger partial charge < -0.3 is 5.11 Å². The van der Waals surface area contributed by atoms with Gasteiger partial charge in [-0.1, -0.05) is 12.2 Å². The maximum Gasteiger partial charge on any atom is 0.303 e. The van der Waals surface area contributed by atoms with Crippen LogP contribution < -0.4 is 0 Å². The minimum atomic E-state index is -0.764. The van der Waals surface area contributed by atoms with Crippen LogP contribution in [0.2, 0.25) is 0 Å². The zero-order valence-corrected chi connectivity index (χ0v) is 7.27. The lowest BCUT2D eigenvalue weighted by atomic mass is 9.97. The van der Waals surface area contributed by atoms with E-state index in [0.29, 0.717) is 6.42 Å². The molecule has 0 unspecified atom stereocenters. The average Bonchev–Trinajstić information content (AvgIpc) is 2.08. The summed E-state index contributed by atoms with van der Waals surface area (Å²) in [5, 5.41) is 8.39. The first-order valence-electron chi connectivity index (χ1n) is 4.30. The number of carbonyl (C=O) groups is 2. The van der Waals surface area contributed by atoms with E-state index in [-0.39, 0.29) is 18.1 Å². The van der Waals surface area contributed by atoms with Gasteiger partial charge in [0.25, 0.3) is 0 Å². The monoisotopic (exact) mass is 180 g/mol. The van der Waals surface area contributed by atoms with Crippen molar-refractivity contribution in [1.82, 2.24) is 0 Å². The Morgan fingerprint density at radius 3 is 2.54 bits per heavy atom. The number of aliphatic carboxylic acids is 1. The zero-order chi connectivity index (χ0) is 9.68. The summed E-state index contributed by atoms with van der Waals surface area (Å²) in [6.07, 6.45) is 8.37. The van der Waals surface area contributed by atoms with Crippen LogP contribution in [0.4, 0.5) is 0 Å². The molecule has 3 heteroatoms. The summed E-state index contributed by atoms with van der Waals surface area (Å²) >= 11 is 0. The van der Waals surface area contributed by atoms with Crippen molar-refractivity contribution in [1.29, 1.82) is 0 Å². The van der Waals surface area contributed by atoms with Crippen molar-refractivity contribution in [2.75, 3.05) is 0 Å². The lowest BCUT2D eigenvalue weighted by molar-refractivity contribution is -0.137. The summed E-state index contributed by atoms with van der Waals surface area (Å²) in [6, 6.07) is 0. The molecule has 70 valence electrons. The molecule has 0 atom stereocenters.